The summed E-state index contributed by atoms with van der Waals surface area (Å²) in [6.45, 7) is 2.65. The molecule has 1 atom stereocenters. The fourth-order valence-electron chi connectivity index (χ4n) is 3.21. The number of aromatic nitrogens is 3. The molecule has 3 aromatic rings. The Morgan fingerprint density at radius 3 is 2.85 bits per heavy atom. The Morgan fingerprint density at radius 1 is 1.23 bits per heavy atom. The highest BCUT2D eigenvalue weighted by atomic mass is 79.9. The summed E-state index contributed by atoms with van der Waals surface area (Å²) in [5, 5.41) is 4.38. The zero-order valence-electron chi connectivity index (χ0n) is 14.1. The molecule has 0 aliphatic carbocycles. The number of hydrogen-bond acceptors (Lipinski definition) is 3. The summed E-state index contributed by atoms with van der Waals surface area (Å²) in [6.07, 6.45) is 6.44. The van der Waals surface area contributed by atoms with E-state index >= 15 is 0 Å². The first-order valence-electron chi connectivity index (χ1n) is 8.28. The van der Waals surface area contributed by atoms with Gasteiger partial charge >= 0.3 is 0 Å². The van der Waals surface area contributed by atoms with E-state index in [-0.39, 0.29) is 11.9 Å². The number of carbonyl (C=O) groups excluding carboxylic acids is 1. The molecule has 26 heavy (non-hydrogen) atoms. The molecular weight excluding hydrogens is 460 g/mol. The Hall–Kier alpha value is -1.99. The maximum atomic E-state index is 12.9. The number of benzene rings is 1. The third kappa shape index (κ3) is 3.33. The van der Waals surface area contributed by atoms with Crippen LogP contribution in [0.2, 0.25) is 0 Å². The van der Waals surface area contributed by atoms with Gasteiger partial charge in [-0.2, -0.15) is 5.10 Å². The molecule has 7 heteroatoms. The van der Waals surface area contributed by atoms with E-state index in [1.807, 2.05) is 17.0 Å². The lowest BCUT2D eigenvalue weighted by Crippen LogP contribution is -2.41. The molecule has 1 unspecified atom stereocenters. The first-order valence-corrected chi connectivity index (χ1v) is 9.87. The topological polar surface area (TPSA) is 50.5 Å². The van der Waals surface area contributed by atoms with Crippen LogP contribution in [-0.4, -0.2) is 38.0 Å². The van der Waals surface area contributed by atoms with E-state index < -0.39 is 0 Å². The zero-order valence-corrected chi connectivity index (χ0v) is 17.2. The molecule has 0 bridgehead atoms. The monoisotopic (exact) mass is 474 g/mol. The second kappa shape index (κ2) is 6.96. The van der Waals surface area contributed by atoms with Gasteiger partial charge in [-0.3, -0.25) is 4.79 Å². The maximum Gasteiger partial charge on any atom is 0.274 e. The number of rotatable bonds is 2. The lowest BCUT2D eigenvalue weighted by Gasteiger charge is -2.32. The van der Waals surface area contributed by atoms with Gasteiger partial charge < -0.3 is 4.90 Å². The molecular formula is C19H16Br2N4O. The minimum Gasteiger partial charge on any atom is -0.330 e. The van der Waals surface area contributed by atoms with Crippen molar-refractivity contribution >= 4 is 49.0 Å². The van der Waals surface area contributed by atoms with E-state index in [1.54, 1.807) is 23.0 Å². The van der Waals surface area contributed by atoms with Gasteiger partial charge in [-0.05, 0) is 52.5 Å². The molecule has 3 heterocycles. The van der Waals surface area contributed by atoms with Crippen LogP contribution in [0.1, 0.15) is 29.4 Å². The second-order valence-corrected chi connectivity index (χ2v) is 8.19. The van der Waals surface area contributed by atoms with Gasteiger partial charge in [0.15, 0.2) is 11.3 Å². The number of fused-ring (bicyclic) bond motifs is 1. The molecule has 4 rings (SSSR count). The van der Waals surface area contributed by atoms with Crippen LogP contribution in [0.5, 0.6) is 0 Å². The van der Waals surface area contributed by atoms with Crippen molar-refractivity contribution in [3.05, 3.63) is 69.0 Å². The Bertz CT molecular complexity index is 1030. The van der Waals surface area contributed by atoms with Crippen LogP contribution in [0.25, 0.3) is 11.2 Å². The minimum absolute atomic E-state index is 0.0661. The molecule has 1 amide bonds. The first kappa shape index (κ1) is 17.4. The minimum atomic E-state index is -0.0661. The number of hydrogen-bond donors (Lipinski definition) is 0. The third-order valence-corrected chi connectivity index (χ3v) is 5.44. The quantitative estimate of drug-likeness (QED) is 0.545. The van der Waals surface area contributed by atoms with Crippen LogP contribution in [0.3, 0.4) is 0 Å². The van der Waals surface area contributed by atoms with Crippen LogP contribution in [0, 0.1) is 0 Å². The first-order chi connectivity index (χ1) is 12.5. The molecule has 0 spiro atoms. The lowest BCUT2D eigenvalue weighted by atomic mass is 9.95. The number of amides is 1. The summed E-state index contributed by atoms with van der Waals surface area (Å²) in [5.74, 6) is -0.0661. The number of nitrogens with zero attached hydrogens (tertiary/aromatic N) is 4. The summed E-state index contributed by atoms with van der Waals surface area (Å²) in [4.78, 5) is 19.1. The molecule has 0 saturated carbocycles. The molecule has 0 saturated heterocycles. The van der Waals surface area contributed by atoms with E-state index in [1.165, 1.54) is 11.1 Å². The largest absolute Gasteiger partial charge is 0.330 e. The molecule has 2 aromatic heterocycles. The summed E-state index contributed by atoms with van der Waals surface area (Å²) in [6, 6.07) is 10.1. The Labute approximate surface area is 168 Å². The van der Waals surface area contributed by atoms with Crippen molar-refractivity contribution in [1.29, 1.82) is 0 Å². The fraction of sp³-hybridized carbons (Fsp3) is 0.211. The van der Waals surface area contributed by atoms with Gasteiger partial charge in [0.1, 0.15) is 0 Å². The predicted molar refractivity (Wildman–Crippen MR) is 108 cm³/mol. The van der Waals surface area contributed by atoms with E-state index in [4.69, 9.17) is 0 Å². The van der Waals surface area contributed by atoms with Crippen LogP contribution in [0.15, 0.2) is 57.7 Å². The highest BCUT2D eigenvalue weighted by Crippen LogP contribution is 2.28. The molecule has 5 nitrogen and oxygen atoms in total. The summed E-state index contributed by atoms with van der Waals surface area (Å²) < 4.78 is 3.50. The molecule has 1 aliphatic heterocycles. The standard InChI is InChI=1S/C19H16Br2N4O/c1-12-7-14(13-3-2-4-15(20)8-13)5-6-24(12)19(26)17-9-18-22-10-16(21)11-25(18)23-17/h2-5,8-12H,6-7H2,1H3. The van der Waals surface area contributed by atoms with Gasteiger partial charge in [-0.25, -0.2) is 9.50 Å². The van der Waals surface area contributed by atoms with Crippen molar-refractivity contribution in [1.82, 2.24) is 19.5 Å². The van der Waals surface area contributed by atoms with Crippen molar-refractivity contribution in [2.75, 3.05) is 6.54 Å². The summed E-state index contributed by atoms with van der Waals surface area (Å²) in [5.41, 5.74) is 3.54. The average Bonchev–Trinajstić information content (AvgIpc) is 3.04. The molecule has 132 valence electrons. The highest BCUT2D eigenvalue weighted by Gasteiger charge is 2.27. The second-order valence-electron chi connectivity index (χ2n) is 6.35. The van der Waals surface area contributed by atoms with E-state index in [0.29, 0.717) is 17.9 Å². The van der Waals surface area contributed by atoms with Crippen molar-refractivity contribution in [2.45, 2.75) is 19.4 Å². The zero-order chi connectivity index (χ0) is 18.3. The Kier molecular flexibility index (Phi) is 4.67. The van der Waals surface area contributed by atoms with Gasteiger partial charge in [0.05, 0.1) is 4.47 Å². The van der Waals surface area contributed by atoms with Crippen LogP contribution >= 0.6 is 31.9 Å². The highest BCUT2D eigenvalue weighted by molar-refractivity contribution is 9.10. The van der Waals surface area contributed by atoms with Gasteiger partial charge in [0, 0.05) is 35.5 Å². The summed E-state index contributed by atoms with van der Waals surface area (Å²) >= 11 is 6.89. The van der Waals surface area contributed by atoms with Gasteiger partial charge in [-0.15, -0.1) is 0 Å². The van der Waals surface area contributed by atoms with Crippen LogP contribution < -0.4 is 0 Å². The SMILES string of the molecule is CC1CC(c2cccc(Br)c2)=CCN1C(=O)c1cc2ncc(Br)cn2n1. The number of halogens is 2. The average molecular weight is 476 g/mol. The van der Waals surface area contributed by atoms with E-state index in [0.717, 1.165) is 15.4 Å². The van der Waals surface area contributed by atoms with E-state index in [2.05, 4.69) is 67.1 Å². The maximum absolute atomic E-state index is 12.9. The summed E-state index contributed by atoms with van der Waals surface area (Å²) in [7, 11) is 0. The van der Waals surface area contributed by atoms with E-state index in [9.17, 15) is 4.79 Å². The van der Waals surface area contributed by atoms with Crippen LogP contribution in [-0.2, 0) is 0 Å². The number of carbonyl (C=O) groups is 1. The normalized spacial score (nSPS) is 17.4. The van der Waals surface area contributed by atoms with Crippen molar-refractivity contribution in [3.63, 3.8) is 0 Å². The van der Waals surface area contributed by atoms with Crippen molar-refractivity contribution in [2.24, 2.45) is 0 Å². The van der Waals surface area contributed by atoms with Crippen LogP contribution in [0.4, 0.5) is 0 Å². The van der Waals surface area contributed by atoms with Crippen molar-refractivity contribution < 1.29 is 4.79 Å². The van der Waals surface area contributed by atoms with Gasteiger partial charge in [0.2, 0.25) is 0 Å². The Morgan fingerprint density at radius 2 is 2.08 bits per heavy atom. The lowest BCUT2D eigenvalue weighted by molar-refractivity contribution is 0.0705. The van der Waals surface area contributed by atoms with Gasteiger partial charge in [-0.1, -0.05) is 34.1 Å². The van der Waals surface area contributed by atoms with Crippen molar-refractivity contribution in [3.8, 4) is 0 Å². The molecule has 0 radical (unpaired) electrons. The molecule has 0 fully saturated rings. The third-order valence-electron chi connectivity index (χ3n) is 4.54. The fourth-order valence-corrected chi connectivity index (χ4v) is 3.91. The Balaban J connectivity index is 1.58. The van der Waals surface area contributed by atoms with Gasteiger partial charge in [0.25, 0.3) is 5.91 Å². The smallest absolute Gasteiger partial charge is 0.274 e. The molecule has 1 aromatic carbocycles. The molecule has 0 N–H and O–H groups in total. The molecule has 1 aliphatic rings. The predicted octanol–water partition coefficient (Wildman–Crippen LogP) is 4.57.